The van der Waals surface area contributed by atoms with Gasteiger partial charge in [-0.15, -0.1) is 0 Å². The lowest BCUT2D eigenvalue weighted by Crippen LogP contribution is -2.34. The van der Waals surface area contributed by atoms with Crippen LogP contribution in [0.1, 0.15) is 31.1 Å². The van der Waals surface area contributed by atoms with Gasteiger partial charge in [0, 0.05) is 19.8 Å². The monoisotopic (exact) mass is 312 g/mol. The summed E-state index contributed by atoms with van der Waals surface area (Å²) in [6.07, 6.45) is 2.66. The van der Waals surface area contributed by atoms with Gasteiger partial charge < -0.3 is 15.4 Å². The normalized spacial score (nSPS) is 12.0. The molecule has 0 aromatic carbocycles. The smallest absolute Gasteiger partial charge is 0.407 e. The quantitative estimate of drug-likeness (QED) is 0.865. The van der Waals surface area contributed by atoms with Crippen molar-refractivity contribution in [3.8, 4) is 0 Å². The minimum Gasteiger partial charge on any atom is -0.444 e. The van der Waals surface area contributed by atoms with Crippen molar-refractivity contribution in [1.29, 1.82) is 0 Å². The van der Waals surface area contributed by atoms with Gasteiger partial charge in [0.05, 0.1) is 24.6 Å². The lowest BCUT2D eigenvalue weighted by molar-refractivity contribution is 0.0532. The van der Waals surface area contributed by atoms with Crippen molar-refractivity contribution < 1.29 is 18.7 Å². The molecule has 0 spiro atoms. The van der Waals surface area contributed by atoms with E-state index in [2.05, 4.69) is 15.7 Å². The highest BCUT2D eigenvalue weighted by Gasteiger charge is 2.16. The summed E-state index contributed by atoms with van der Waals surface area (Å²) in [5.74, 6) is -0.274. The van der Waals surface area contributed by atoms with Crippen LogP contribution in [-0.4, -0.2) is 41.0 Å². The van der Waals surface area contributed by atoms with Gasteiger partial charge in [0.25, 0.3) is 5.91 Å². The number of hydrogen-bond donors (Lipinski definition) is 2. The number of carbonyl (C=O) groups excluding carboxylic acids is 2. The van der Waals surface area contributed by atoms with E-state index in [-0.39, 0.29) is 24.6 Å². The molecule has 0 aliphatic carbocycles. The van der Waals surface area contributed by atoms with Crippen LogP contribution < -0.4 is 10.6 Å². The Morgan fingerprint density at radius 1 is 1.45 bits per heavy atom. The zero-order valence-corrected chi connectivity index (χ0v) is 13.1. The van der Waals surface area contributed by atoms with Crippen LogP contribution in [0.5, 0.6) is 0 Å². The molecule has 1 heterocycles. The Balaban J connectivity index is 2.54. The van der Waals surface area contributed by atoms with Crippen LogP contribution in [0.15, 0.2) is 24.3 Å². The summed E-state index contributed by atoms with van der Waals surface area (Å²) in [6.45, 7) is 5.32. The fourth-order valence-electron chi connectivity index (χ4n) is 1.55. The summed E-state index contributed by atoms with van der Waals surface area (Å²) >= 11 is 0. The van der Waals surface area contributed by atoms with Gasteiger partial charge in [0.1, 0.15) is 5.60 Å². The number of nitrogens with zero attached hydrogens (tertiary/aromatic N) is 2. The van der Waals surface area contributed by atoms with Crippen molar-refractivity contribution in [2.45, 2.75) is 32.9 Å². The second kappa shape index (κ2) is 7.58. The highest BCUT2D eigenvalue weighted by molar-refractivity contribution is 5.93. The van der Waals surface area contributed by atoms with Gasteiger partial charge in [-0.1, -0.05) is 0 Å². The largest absolute Gasteiger partial charge is 0.444 e. The highest BCUT2D eigenvalue weighted by atomic mass is 19.1. The first-order valence-electron chi connectivity index (χ1n) is 6.74. The maximum atomic E-state index is 12.9. The van der Waals surface area contributed by atoms with Crippen molar-refractivity contribution in [3.05, 3.63) is 29.9 Å². The third kappa shape index (κ3) is 5.94. The molecule has 0 aliphatic rings. The Hall–Kier alpha value is -2.38. The third-order valence-corrected chi connectivity index (χ3v) is 2.50. The molecule has 0 unspecified atom stereocenters. The molecular weight excluding hydrogens is 291 g/mol. The topological polar surface area (TPSA) is 85.3 Å². The van der Waals surface area contributed by atoms with Crippen molar-refractivity contribution in [2.75, 3.05) is 13.6 Å². The average molecular weight is 312 g/mol. The first kappa shape index (κ1) is 17.7. The number of rotatable bonds is 5. The SMILES string of the molecule is CNC(=O)c1cnn(CC(=CF)CNC(=O)OC(C)(C)C)c1. The molecule has 0 fully saturated rings. The third-order valence-electron chi connectivity index (χ3n) is 2.50. The summed E-state index contributed by atoms with van der Waals surface area (Å²) in [5.41, 5.74) is 0.0480. The van der Waals surface area contributed by atoms with Crippen LogP contribution in [0, 0.1) is 0 Å². The molecule has 2 amide bonds. The van der Waals surface area contributed by atoms with E-state index < -0.39 is 11.7 Å². The predicted octanol–water partition coefficient (Wildman–Crippen LogP) is 1.62. The number of carbonyl (C=O) groups is 2. The molecule has 0 saturated carbocycles. The van der Waals surface area contributed by atoms with E-state index in [1.165, 1.54) is 24.1 Å². The second-order valence-electron chi connectivity index (χ2n) is 5.63. The molecule has 122 valence electrons. The maximum Gasteiger partial charge on any atom is 0.407 e. The maximum absolute atomic E-state index is 12.9. The van der Waals surface area contributed by atoms with Gasteiger partial charge in [-0.05, 0) is 26.3 Å². The number of nitrogens with one attached hydrogen (secondary N) is 2. The van der Waals surface area contributed by atoms with Crippen LogP contribution in [0.4, 0.5) is 9.18 Å². The van der Waals surface area contributed by atoms with Crippen molar-refractivity contribution in [3.63, 3.8) is 0 Å². The lowest BCUT2D eigenvalue weighted by Gasteiger charge is -2.20. The molecule has 8 heteroatoms. The zero-order valence-electron chi connectivity index (χ0n) is 13.1. The van der Waals surface area contributed by atoms with Crippen molar-refractivity contribution >= 4 is 12.0 Å². The number of ether oxygens (including phenoxy) is 1. The molecule has 0 bridgehead atoms. The number of hydrogen-bond acceptors (Lipinski definition) is 4. The van der Waals surface area contributed by atoms with Crippen molar-refractivity contribution in [1.82, 2.24) is 20.4 Å². The Kier molecular flexibility index (Phi) is 6.09. The van der Waals surface area contributed by atoms with E-state index >= 15 is 0 Å². The molecule has 1 rings (SSSR count). The van der Waals surface area contributed by atoms with E-state index in [9.17, 15) is 14.0 Å². The molecule has 0 aliphatic heterocycles. The van der Waals surface area contributed by atoms with Crippen LogP contribution in [0.2, 0.25) is 0 Å². The molecule has 2 N–H and O–H groups in total. The second-order valence-corrected chi connectivity index (χ2v) is 5.63. The molecule has 1 aromatic heterocycles. The number of aromatic nitrogens is 2. The number of amides is 2. The average Bonchev–Trinajstić information content (AvgIpc) is 2.89. The van der Waals surface area contributed by atoms with Crippen LogP contribution in [0.25, 0.3) is 0 Å². The van der Waals surface area contributed by atoms with E-state index in [1.807, 2.05) is 0 Å². The minimum absolute atomic E-state index is 0.0133. The van der Waals surface area contributed by atoms with Gasteiger partial charge in [-0.2, -0.15) is 5.10 Å². The Bertz CT molecular complexity index is 561. The van der Waals surface area contributed by atoms with Gasteiger partial charge in [-0.25, -0.2) is 9.18 Å². The first-order valence-corrected chi connectivity index (χ1v) is 6.74. The lowest BCUT2D eigenvalue weighted by atomic mass is 10.2. The Morgan fingerprint density at radius 3 is 2.68 bits per heavy atom. The van der Waals surface area contributed by atoms with Crippen molar-refractivity contribution in [2.24, 2.45) is 0 Å². The molecule has 7 nitrogen and oxygen atoms in total. The van der Waals surface area contributed by atoms with Gasteiger partial charge in [0.15, 0.2) is 0 Å². The fourth-order valence-corrected chi connectivity index (χ4v) is 1.55. The zero-order chi connectivity index (χ0) is 16.8. The van der Waals surface area contributed by atoms with Crippen LogP contribution in [-0.2, 0) is 11.3 Å². The van der Waals surface area contributed by atoms with Gasteiger partial charge in [0.2, 0.25) is 0 Å². The fraction of sp³-hybridized carbons (Fsp3) is 0.500. The molecular formula is C14H21FN4O3. The van der Waals surface area contributed by atoms with Gasteiger partial charge >= 0.3 is 6.09 Å². The molecule has 0 radical (unpaired) electrons. The van der Waals surface area contributed by atoms with E-state index in [0.717, 1.165) is 0 Å². The number of halogens is 1. The van der Waals surface area contributed by atoms with E-state index in [4.69, 9.17) is 4.74 Å². The Morgan fingerprint density at radius 2 is 2.14 bits per heavy atom. The Labute approximate surface area is 128 Å². The summed E-state index contributed by atoms with van der Waals surface area (Å²) < 4.78 is 19.4. The predicted molar refractivity (Wildman–Crippen MR) is 79.0 cm³/mol. The first-order chi connectivity index (χ1) is 10.2. The van der Waals surface area contributed by atoms with Crippen LogP contribution in [0.3, 0.4) is 0 Å². The molecule has 0 saturated heterocycles. The molecule has 0 atom stereocenters. The molecule has 22 heavy (non-hydrogen) atoms. The van der Waals surface area contributed by atoms with E-state index in [1.54, 1.807) is 20.8 Å². The standard InChI is InChI=1S/C14H21FN4O3/c1-14(2,3)22-13(21)17-6-10(5-15)8-19-9-11(7-18-19)12(20)16-4/h5,7,9H,6,8H2,1-4H3,(H,16,20)(H,17,21). The molecule has 1 aromatic rings. The van der Waals surface area contributed by atoms with Gasteiger partial charge in [-0.3, -0.25) is 9.48 Å². The van der Waals surface area contributed by atoms with E-state index in [0.29, 0.717) is 11.9 Å². The van der Waals surface area contributed by atoms with Crippen LogP contribution >= 0.6 is 0 Å². The summed E-state index contributed by atoms with van der Waals surface area (Å²) in [7, 11) is 1.51. The minimum atomic E-state index is -0.627. The summed E-state index contributed by atoms with van der Waals surface area (Å²) in [4.78, 5) is 22.9. The number of alkyl carbamates (subject to hydrolysis) is 1. The summed E-state index contributed by atoms with van der Waals surface area (Å²) in [6, 6.07) is 0. The summed E-state index contributed by atoms with van der Waals surface area (Å²) in [5, 5.41) is 8.89. The highest BCUT2D eigenvalue weighted by Crippen LogP contribution is 2.07.